The first-order chi connectivity index (χ1) is 9.17. The number of halogens is 1. The van der Waals surface area contributed by atoms with Crippen LogP contribution in [0.1, 0.15) is 24.8 Å². The fourth-order valence-corrected chi connectivity index (χ4v) is 3.22. The molecular formula is C15H17BrO3. The number of ketones is 1. The summed E-state index contributed by atoms with van der Waals surface area (Å²) >= 11 is 3.42. The van der Waals surface area contributed by atoms with E-state index in [1.54, 1.807) is 0 Å². The molecular weight excluding hydrogens is 308 g/mol. The summed E-state index contributed by atoms with van der Waals surface area (Å²) < 4.78 is 12.5. The van der Waals surface area contributed by atoms with Crippen molar-refractivity contribution in [2.75, 3.05) is 13.2 Å². The van der Waals surface area contributed by atoms with Gasteiger partial charge >= 0.3 is 0 Å². The second-order valence-electron chi connectivity index (χ2n) is 5.31. The van der Waals surface area contributed by atoms with E-state index in [4.69, 9.17) is 9.47 Å². The van der Waals surface area contributed by atoms with Crippen molar-refractivity contribution < 1.29 is 14.3 Å². The molecule has 1 aromatic rings. The highest BCUT2D eigenvalue weighted by molar-refractivity contribution is 9.10. The first-order valence-corrected chi connectivity index (χ1v) is 7.51. The molecule has 3 nitrogen and oxygen atoms in total. The molecule has 1 unspecified atom stereocenters. The lowest BCUT2D eigenvalue weighted by atomic mass is 9.80. The third kappa shape index (κ3) is 2.91. The molecule has 0 amide bonds. The number of hydrogen-bond acceptors (Lipinski definition) is 3. The van der Waals surface area contributed by atoms with Gasteiger partial charge in [0.05, 0.1) is 13.2 Å². The molecule has 1 heterocycles. The lowest BCUT2D eigenvalue weighted by Crippen LogP contribution is -2.41. The highest BCUT2D eigenvalue weighted by Crippen LogP contribution is 2.38. The Balaban J connectivity index is 1.71. The maximum absolute atomic E-state index is 12.1. The van der Waals surface area contributed by atoms with Crippen LogP contribution in [0.5, 0.6) is 0 Å². The molecule has 1 atom stereocenters. The zero-order chi connectivity index (χ0) is 13.3. The van der Waals surface area contributed by atoms with Gasteiger partial charge in [-0.3, -0.25) is 4.79 Å². The third-order valence-electron chi connectivity index (χ3n) is 3.97. The summed E-state index contributed by atoms with van der Waals surface area (Å²) in [6, 6.07) is 8.16. The van der Waals surface area contributed by atoms with Gasteiger partial charge in [0.2, 0.25) is 0 Å². The minimum atomic E-state index is -0.478. The van der Waals surface area contributed by atoms with E-state index in [1.165, 1.54) is 5.56 Å². The van der Waals surface area contributed by atoms with Crippen molar-refractivity contribution in [1.82, 2.24) is 0 Å². The van der Waals surface area contributed by atoms with Crippen molar-refractivity contribution in [2.24, 2.45) is 5.92 Å². The monoisotopic (exact) mass is 324 g/mol. The number of benzene rings is 1. The van der Waals surface area contributed by atoms with Gasteiger partial charge in [-0.05, 0) is 24.1 Å². The van der Waals surface area contributed by atoms with Crippen molar-refractivity contribution in [3.63, 3.8) is 0 Å². The summed E-state index contributed by atoms with van der Waals surface area (Å²) in [6.45, 7) is 1.30. The number of carbonyl (C=O) groups excluding carboxylic acids is 1. The van der Waals surface area contributed by atoms with E-state index in [9.17, 15) is 4.79 Å². The SMILES string of the molecule is O=C1CCC2(CC1Cc1ccc(Br)cc1)OCCO2. The van der Waals surface area contributed by atoms with Gasteiger partial charge in [-0.2, -0.15) is 0 Å². The lowest BCUT2D eigenvalue weighted by Gasteiger charge is -2.35. The van der Waals surface area contributed by atoms with Crippen LogP contribution in [-0.2, 0) is 20.7 Å². The molecule has 0 N–H and O–H groups in total. The van der Waals surface area contributed by atoms with Crippen LogP contribution in [0.15, 0.2) is 28.7 Å². The van der Waals surface area contributed by atoms with Crippen LogP contribution in [0.4, 0.5) is 0 Å². The van der Waals surface area contributed by atoms with Crippen molar-refractivity contribution in [2.45, 2.75) is 31.5 Å². The summed E-state index contributed by atoms with van der Waals surface area (Å²) in [7, 11) is 0. The van der Waals surface area contributed by atoms with Crippen molar-refractivity contribution in [1.29, 1.82) is 0 Å². The number of hydrogen-bond donors (Lipinski definition) is 0. The molecule has 0 aromatic heterocycles. The quantitative estimate of drug-likeness (QED) is 0.838. The van der Waals surface area contributed by atoms with Gasteiger partial charge in [0.25, 0.3) is 0 Å². The zero-order valence-corrected chi connectivity index (χ0v) is 12.3. The third-order valence-corrected chi connectivity index (χ3v) is 4.50. The highest BCUT2D eigenvalue weighted by atomic mass is 79.9. The minimum Gasteiger partial charge on any atom is -0.347 e. The van der Waals surface area contributed by atoms with E-state index in [0.29, 0.717) is 38.3 Å². The van der Waals surface area contributed by atoms with Gasteiger partial charge in [-0.25, -0.2) is 0 Å². The summed E-state index contributed by atoms with van der Waals surface area (Å²) in [5, 5.41) is 0. The number of carbonyl (C=O) groups is 1. The fourth-order valence-electron chi connectivity index (χ4n) is 2.96. The number of Topliss-reactive ketones (excluding diaryl/α,β-unsaturated/α-hetero) is 1. The average molecular weight is 325 g/mol. The van der Waals surface area contributed by atoms with Gasteiger partial charge in [-0.1, -0.05) is 28.1 Å². The van der Waals surface area contributed by atoms with Gasteiger partial charge in [0.1, 0.15) is 5.78 Å². The van der Waals surface area contributed by atoms with Crippen molar-refractivity contribution >= 4 is 21.7 Å². The Hall–Kier alpha value is -0.710. The predicted octanol–water partition coefficient (Wildman–Crippen LogP) is 3.10. The topological polar surface area (TPSA) is 35.5 Å². The predicted molar refractivity (Wildman–Crippen MR) is 74.8 cm³/mol. The number of rotatable bonds is 2. The van der Waals surface area contributed by atoms with Crippen LogP contribution in [0.2, 0.25) is 0 Å². The molecule has 0 radical (unpaired) electrons. The zero-order valence-electron chi connectivity index (χ0n) is 10.7. The second kappa shape index (κ2) is 5.35. The van der Waals surface area contributed by atoms with Crippen LogP contribution in [0.3, 0.4) is 0 Å². The molecule has 1 aromatic carbocycles. The van der Waals surface area contributed by atoms with E-state index in [2.05, 4.69) is 28.1 Å². The van der Waals surface area contributed by atoms with Crippen LogP contribution in [0.25, 0.3) is 0 Å². The molecule has 1 aliphatic heterocycles. The lowest BCUT2D eigenvalue weighted by molar-refractivity contribution is -0.189. The Morgan fingerprint density at radius 1 is 1.21 bits per heavy atom. The summed E-state index contributed by atoms with van der Waals surface area (Å²) in [6.07, 6.45) is 2.76. The molecule has 1 spiro atoms. The van der Waals surface area contributed by atoms with Gasteiger partial charge in [-0.15, -0.1) is 0 Å². The van der Waals surface area contributed by atoms with Crippen molar-refractivity contribution in [3.05, 3.63) is 34.3 Å². The molecule has 19 heavy (non-hydrogen) atoms. The number of ether oxygens (including phenoxy) is 2. The van der Waals surface area contributed by atoms with E-state index in [0.717, 1.165) is 10.9 Å². The van der Waals surface area contributed by atoms with E-state index in [-0.39, 0.29) is 5.92 Å². The molecule has 4 heteroatoms. The Bertz CT molecular complexity index is 463. The maximum Gasteiger partial charge on any atom is 0.169 e. The van der Waals surface area contributed by atoms with Crippen LogP contribution >= 0.6 is 15.9 Å². The van der Waals surface area contributed by atoms with Gasteiger partial charge in [0.15, 0.2) is 5.79 Å². The molecule has 1 aliphatic carbocycles. The van der Waals surface area contributed by atoms with E-state index < -0.39 is 5.79 Å². The van der Waals surface area contributed by atoms with Crippen molar-refractivity contribution in [3.8, 4) is 0 Å². The normalized spacial score (nSPS) is 25.9. The molecule has 2 aliphatic rings. The first kappa shape index (κ1) is 13.3. The second-order valence-corrected chi connectivity index (χ2v) is 6.22. The van der Waals surface area contributed by atoms with E-state index in [1.807, 2.05) is 12.1 Å². The smallest absolute Gasteiger partial charge is 0.169 e. The minimum absolute atomic E-state index is 0.0213. The van der Waals surface area contributed by atoms with Crippen LogP contribution in [0, 0.1) is 5.92 Å². The first-order valence-electron chi connectivity index (χ1n) is 6.72. The Kier molecular flexibility index (Phi) is 3.74. The Morgan fingerprint density at radius 3 is 2.58 bits per heavy atom. The molecule has 1 saturated carbocycles. The van der Waals surface area contributed by atoms with Crippen LogP contribution in [-0.4, -0.2) is 24.8 Å². The summed E-state index contributed by atoms with van der Waals surface area (Å²) in [5.74, 6) is -0.117. The molecule has 2 fully saturated rings. The Labute approximate surface area is 121 Å². The highest BCUT2D eigenvalue weighted by Gasteiger charge is 2.44. The van der Waals surface area contributed by atoms with Crippen LogP contribution < -0.4 is 0 Å². The van der Waals surface area contributed by atoms with Gasteiger partial charge < -0.3 is 9.47 Å². The van der Waals surface area contributed by atoms with Gasteiger partial charge in [0, 0.05) is 29.7 Å². The summed E-state index contributed by atoms with van der Waals surface area (Å²) in [5.41, 5.74) is 1.19. The maximum atomic E-state index is 12.1. The summed E-state index contributed by atoms with van der Waals surface area (Å²) in [4.78, 5) is 12.1. The molecule has 3 rings (SSSR count). The standard InChI is InChI=1S/C15H17BrO3/c16-13-3-1-11(2-4-13)9-12-10-15(6-5-14(12)17)18-7-8-19-15/h1-4,12H,5-10H2. The molecule has 0 bridgehead atoms. The largest absolute Gasteiger partial charge is 0.347 e. The molecule has 102 valence electrons. The van der Waals surface area contributed by atoms with E-state index >= 15 is 0 Å². The fraction of sp³-hybridized carbons (Fsp3) is 0.533. The average Bonchev–Trinajstić information content (AvgIpc) is 2.85. The molecule has 1 saturated heterocycles. The Morgan fingerprint density at radius 2 is 1.89 bits per heavy atom.